The summed E-state index contributed by atoms with van der Waals surface area (Å²) >= 11 is 3.42. The SMILES string of the molecule is COc1ccc(Nc2ncc(Br)cc2C)c(C)c1C. The maximum absolute atomic E-state index is 5.32. The second-order valence-electron chi connectivity index (χ2n) is 4.51. The topological polar surface area (TPSA) is 34.1 Å². The van der Waals surface area contributed by atoms with Gasteiger partial charge in [0.1, 0.15) is 11.6 Å². The summed E-state index contributed by atoms with van der Waals surface area (Å²) in [7, 11) is 1.69. The molecule has 1 N–H and O–H groups in total. The maximum atomic E-state index is 5.32. The molecular weight excluding hydrogens is 304 g/mol. The molecule has 0 saturated heterocycles. The molecule has 0 saturated carbocycles. The van der Waals surface area contributed by atoms with Crippen LogP contribution < -0.4 is 10.1 Å². The Hall–Kier alpha value is -1.55. The van der Waals surface area contributed by atoms with Crippen molar-refractivity contribution in [1.29, 1.82) is 0 Å². The molecule has 0 unspecified atom stereocenters. The Morgan fingerprint density at radius 3 is 2.53 bits per heavy atom. The van der Waals surface area contributed by atoms with Gasteiger partial charge in [-0.05, 0) is 71.6 Å². The van der Waals surface area contributed by atoms with Crippen LogP contribution in [0.1, 0.15) is 16.7 Å². The Kier molecular flexibility index (Phi) is 4.10. The first-order valence-electron chi connectivity index (χ1n) is 6.06. The molecule has 0 aliphatic rings. The predicted molar refractivity (Wildman–Crippen MR) is 82.4 cm³/mol. The van der Waals surface area contributed by atoms with Crippen LogP contribution in [0, 0.1) is 20.8 Å². The zero-order valence-corrected chi connectivity index (χ0v) is 13.1. The van der Waals surface area contributed by atoms with Gasteiger partial charge in [0.05, 0.1) is 7.11 Å². The standard InChI is InChI=1S/C15H17BrN2O/c1-9-7-12(16)8-17-15(9)18-13-5-6-14(19-4)11(3)10(13)2/h5-8H,1-4H3,(H,17,18). The average molecular weight is 321 g/mol. The number of benzene rings is 1. The molecule has 2 aromatic rings. The van der Waals surface area contributed by atoms with Crippen LogP contribution in [0.4, 0.5) is 11.5 Å². The van der Waals surface area contributed by atoms with Gasteiger partial charge in [-0.25, -0.2) is 4.98 Å². The predicted octanol–water partition coefficient (Wildman–Crippen LogP) is 4.52. The van der Waals surface area contributed by atoms with Gasteiger partial charge in [0.2, 0.25) is 0 Å². The molecule has 0 atom stereocenters. The summed E-state index contributed by atoms with van der Waals surface area (Å²) in [5, 5.41) is 3.37. The van der Waals surface area contributed by atoms with E-state index in [0.717, 1.165) is 32.9 Å². The molecule has 1 aromatic carbocycles. The minimum absolute atomic E-state index is 0.871. The van der Waals surface area contributed by atoms with Crippen LogP contribution in [0.5, 0.6) is 5.75 Å². The number of ether oxygens (including phenoxy) is 1. The lowest BCUT2D eigenvalue weighted by molar-refractivity contribution is 0.411. The van der Waals surface area contributed by atoms with Crippen molar-refractivity contribution in [2.75, 3.05) is 12.4 Å². The van der Waals surface area contributed by atoms with Gasteiger partial charge in [-0.3, -0.25) is 0 Å². The molecule has 4 heteroatoms. The van der Waals surface area contributed by atoms with Gasteiger partial charge in [0, 0.05) is 16.4 Å². The summed E-state index contributed by atoms with van der Waals surface area (Å²) in [5.41, 5.74) is 4.46. The number of pyridine rings is 1. The van der Waals surface area contributed by atoms with E-state index in [1.165, 1.54) is 5.56 Å². The Labute approximate surface area is 122 Å². The molecular formula is C15H17BrN2O. The third-order valence-electron chi connectivity index (χ3n) is 3.26. The van der Waals surface area contributed by atoms with E-state index in [0.29, 0.717) is 0 Å². The number of aryl methyl sites for hydroxylation is 1. The van der Waals surface area contributed by atoms with Crippen molar-refractivity contribution in [2.45, 2.75) is 20.8 Å². The van der Waals surface area contributed by atoms with Gasteiger partial charge in [-0.15, -0.1) is 0 Å². The summed E-state index contributed by atoms with van der Waals surface area (Å²) in [6.45, 7) is 6.17. The van der Waals surface area contributed by atoms with Crippen molar-refractivity contribution in [3.8, 4) is 5.75 Å². The summed E-state index contributed by atoms with van der Waals surface area (Å²) in [6.07, 6.45) is 1.79. The normalized spacial score (nSPS) is 10.4. The Morgan fingerprint density at radius 1 is 1.16 bits per heavy atom. The highest BCUT2D eigenvalue weighted by Gasteiger charge is 2.08. The second-order valence-corrected chi connectivity index (χ2v) is 5.43. The fourth-order valence-corrected chi connectivity index (χ4v) is 2.40. The van der Waals surface area contributed by atoms with E-state index in [1.807, 2.05) is 25.1 Å². The van der Waals surface area contributed by atoms with Gasteiger partial charge < -0.3 is 10.1 Å². The van der Waals surface area contributed by atoms with E-state index in [1.54, 1.807) is 13.3 Å². The Balaban J connectivity index is 2.36. The summed E-state index contributed by atoms with van der Waals surface area (Å²) in [4.78, 5) is 4.40. The van der Waals surface area contributed by atoms with Crippen molar-refractivity contribution in [2.24, 2.45) is 0 Å². The number of halogens is 1. The van der Waals surface area contributed by atoms with Crippen molar-refractivity contribution in [3.63, 3.8) is 0 Å². The van der Waals surface area contributed by atoms with Crippen LogP contribution >= 0.6 is 15.9 Å². The summed E-state index contributed by atoms with van der Waals surface area (Å²) < 4.78 is 6.31. The molecule has 0 aliphatic carbocycles. The summed E-state index contributed by atoms with van der Waals surface area (Å²) in [5.74, 6) is 1.78. The summed E-state index contributed by atoms with van der Waals surface area (Å²) in [6, 6.07) is 6.03. The monoisotopic (exact) mass is 320 g/mol. The number of nitrogens with zero attached hydrogens (tertiary/aromatic N) is 1. The van der Waals surface area contributed by atoms with Crippen LogP contribution in [0.2, 0.25) is 0 Å². The minimum atomic E-state index is 0.871. The zero-order chi connectivity index (χ0) is 14.0. The molecule has 1 aromatic heterocycles. The minimum Gasteiger partial charge on any atom is -0.496 e. The zero-order valence-electron chi connectivity index (χ0n) is 11.5. The van der Waals surface area contributed by atoms with Gasteiger partial charge in [-0.2, -0.15) is 0 Å². The highest BCUT2D eigenvalue weighted by Crippen LogP contribution is 2.30. The highest BCUT2D eigenvalue weighted by molar-refractivity contribution is 9.10. The quantitative estimate of drug-likeness (QED) is 0.902. The Bertz CT molecular complexity index is 611. The molecule has 0 spiro atoms. The smallest absolute Gasteiger partial charge is 0.133 e. The van der Waals surface area contributed by atoms with E-state index < -0.39 is 0 Å². The highest BCUT2D eigenvalue weighted by atomic mass is 79.9. The number of rotatable bonds is 3. The van der Waals surface area contributed by atoms with Gasteiger partial charge in [0.15, 0.2) is 0 Å². The van der Waals surface area contributed by atoms with E-state index in [4.69, 9.17) is 4.74 Å². The van der Waals surface area contributed by atoms with Crippen molar-refractivity contribution >= 4 is 27.4 Å². The molecule has 0 radical (unpaired) electrons. The lowest BCUT2D eigenvalue weighted by Gasteiger charge is -2.15. The van der Waals surface area contributed by atoms with Gasteiger partial charge >= 0.3 is 0 Å². The van der Waals surface area contributed by atoms with Crippen LogP contribution in [0.15, 0.2) is 28.9 Å². The van der Waals surface area contributed by atoms with E-state index in [2.05, 4.69) is 40.1 Å². The molecule has 0 amide bonds. The number of aromatic nitrogens is 1. The second kappa shape index (κ2) is 5.61. The lowest BCUT2D eigenvalue weighted by Crippen LogP contribution is -2.00. The fraction of sp³-hybridized carbons (Fsp3) is 0.267. The van der Waals surface area contributed by atoms with Crippen LogP contribution in [-0.4, -0.2) is 12.1 Å². The van der Waals surface area contributed by atoms with Crippen molar-refractivity contribution < 1.29 is 4.74 Å². The van der Waals surface area contributed by atoms with Crippen LogP contribution in [-0.2, 0) is 0 Å². The third kappa shape index (κ3) is 2.89. The first kappa shape index (κ1) is 13.9. The lowest BCUT2D eigenvalue weighted by atomic mass is 10.1. The van der Waals surface area contributed by atoms with E-state index in [9.17, 15) is 0 Å². The largest absolute Gasteiger partial charge is 0.496 e. The molecule has 3 nitrogen and oxygen atoms in total. The van der Waals surface area contributed by atoms with Crippen LogP contribution in [0.3, 0.4) is 0 Å². The third-order valence-corrected chi connectivity index (χ3v) is 3.69. The van der Waals surface area contributed by atoms with Gasteiger partial charge in [0.25, 0.3) is 0 Å². The van der Waals surface area contributed by atoms with E-state index >= 15 is 0 Å². The fourth-order valence-electron chi connectivity index (χ4n) is 1.95. The number of hydrogen-bond donors (Lipinski definition) is 1. The average Bonchev–Trinajstić information content (AvgIpc) is 2.38. The molecule has 0 bridgehead atoms. The first-order valence-corrected chi connectivity index (χ1v) is 6.85. The Morgan fingerprint density at radius 2 is 1.89 bits per heavy atom. The van der Waals surface area contributed by atoms with Crippen LogP contribution in [0.25, 0.3) is 0 Å². The number of anilines is 2. The molecule has 2 rings (SSSR count). The molecule has 0 fully saturated rings. The van der Waals surface area contributed by atoms with E-state index in [-0.39, 0.29) is 0 Å². The maximum Gasteiger partial charge on any atom is 0.133 e. The number of hydrogen-bond acceptors (Lipinski definition) is 3. The molecule has 19 heavy (non-hydrogen) atoms. The molecule has 100 valence electrons. The number of methoxy groups -OCH3 is 1. The van der Waals surface area contributed by atoms with Gasteiger partial charge in [-0.1, -0.05) is 0 Å². The molecule has 1 heterocycles. The van der Waals surface area contributed by atoms with Crippen molar-refractivity contribution in [1.82, 2.24) is 4.98 Å². The van der Waals surface area contributed by atoms with Crippen molar-refractivity contribution in [3.05, 3.63) is 45.6 Å². The number of nitrogens with one attached hydrogen (secondary N) is 1. The first-order chi connectivity index (χ1) is 9.02. The molecule has 0 aliphatic heterocycles.